The maximum Gasteiger partial charge on any atom is 0.262 e. The van der Waals surface area contributed by atoms with Crippen LogP contribution in [0.1, 0.15) is 41.5 Å². The van der Waals surface area contributed by atoms with Crippen LogP contribution in [0.2, 0.25) is 0 Å². The number of aryl methyl sites for hydroxylation is 1. The van der Waals surface area contributed by atoms with Crippen molar-refractivity contribution in [2.45, 2.75) is 13.8 Å². The lowest BCUT2D eigenvalue weighted by Crippen LogP contribution is -2.37. The molecule has 0 unspecified atom stereocenters. The van der Waals surface area contributed by atoms with Crippen molar-refractivity contribution >= 4 is 40.0 Å². The van der Waals surface area contributed by atoms with Crippen LogP contribution in [0.15, 0.2) is 24.3 Å². The number of imide groups is 1. The van der Waals surface area contributed by atoms with Crippen LogP contribution < -0.4 is 11.1 Å². The van der Waals surface area contributed by atoms with E-state index in [0.29, 0.717) is 10.6 Å². The van der Waals surface area contributed by atoms with Crippen molar-refractivity contribution in [1.29, 1.82) is 0 Å². The predicted octanol–water partition coefficient (Wildman–Crippen LogP) is 1.70. The van der Waals surface area contributed by atoms with Crippen LogP contribution in [0.4, 0.5) is 5.00 Å². The lowest BCUT2D eigenvalue weighted by molar-refractivity contribution is -0.116. The van der Waals surface area contributed by atoms with Gasteiger partial charge in [0.25, 0.3) is 17.7 Å². The third-order valence-corrected chi connectivity index (χ3v) is 5.19. The van der Waals surface area contributed by atoms with Crippen LogP contribution in [0, 0.1) is 13.8 Å². The minimum atomic E-state index is -0.641. The molecule has 0 saturated heterocycles. The minimum absolute atomic E-state index is 0.248. The monoisotopic (exact) mass is 357 g/mol. The van der Waals surface area contributed by atoms with Crippen molar-refractivity contribution in [3.63, 3.8) is 0 Å². The van der Waals surface area contributed by atoms with Gasteiger partial charge in [-0.05, 0) is 31.5 Å². The highest BCUT2D eigenvalue weighted by Crippen LogP contribution is 2.32. The Kier molecular flexibility index (Phi) is 4.13. The second kappa shape index (κ2) is 6.14. The van der Waals surface area contributed by atoms with E-state index < -0.39 is 30.2 Å². The van der Waals surface area contributed by atoms with E-state index in [9.17, 15) is 19.2 Å². The molecule has 0 saturated carbocycles. The van der Waals surface area contributed by atoms with Crippen molar-refractivity contribution in [1.82, 2.24) is 4.90 Å². The zero-order valence-corrected chi connectivity index (χ0v) is 14.4. The second-order valence-electron chi connectivity index (χ2n) is 5.64. The molecule has 128 valence electrons. The van der Waals surface area contributed by atoms with Crippen molar-refractivity contribution in [2.75, 3.05) is 11.9 Å². The number of carbonyl (C=O) groups excluding carboxylic acids is 4. The summed E-state index contributed by atoms with van der Waals surface area (Å²) < 4.78 is 0. The average molecular weight is 357 g/mol. The van der Waals surface area contributed by atoms with Crippen molar-refractivity contribution in [3.8, 4) is 0 Å². The molecule has 0 aliphatic carbocycles. The highest BCUT2D eigenvalue weighted by Gasteiger charge is 2.36. The first-order valence-electron chi connectivity index (χ1n) is 7.46. The molecule has 1 aliphatic heterocycles. The molecule has 0 radical (unpaired) electrons. The van der Waals surface area contributed by atoms with E-state index in [1.165, 1.54) is 11.3 Å². The first-order valence-corrected chi connectivity index (χ1v) is 8.27. The summed E-state index contributed by atoms with van der Waals surface area (Å²) >= 11 is 1.22. The molecule has 1 aliphatic rings. The second-order valence-corrected chi connectivity index (χ2v) is 6.87. The molecule has 8 heteroatoms. The number of anilines is 1. The van der Waals surface area contributed by atoms with Gasteiger partial charge in [-0.2, -0.15) is 0 Å². The number of fused-ring (bicyclic) bond motifs is 1. The molecule has 3 rings (SSSR count). The Morgan fingerprint density at radius 1 is 1.12 bits per heavy atom. The predicted molar refractivity (Wildman–Crippen MR) is 92.7 cm³/mol. The molecule has 2 heterocycles. The van der Waals surface area contributed by atoms with Gasteiger partial charge in [0.05, 0.1) is 16.7 Å². The van der Waals surface area contributed by atoms with Gasteiger partial charge in [-0.15, -0.1) is 11.3 Å². The first kappa shape index (κ1) is 16.8. The zero-order valence-electron chi connectivity index (χ0n) is 13.6. The molecule has 4 amide bonds. The van der Waals surface area contributed by atoms with Crippen LogP contribution in [0.25, 0.3) is 0 Å². The topological polar surface area (TPSA) is 110 Å². The highest BCUT2D eigenvalue weighted by molar-refractivity contribution is 7.16. The number of carbonyl (C=O) groups is 4. The Balaban J connectivity index is 1.79. The van der Waals surface area contributed by atoms with E-state index in [4.69, 9.17) is 5.73 Å². The Bertz CT molecular complexity index is 897. The van der Waals surface area contributed by atoms with Crippen LogP contribution in [-0.2, 0) is 4.79 Å². The number of primary amides is 1. The molecule has 1 aromatic heterocycles. The maximum absolute atomic E-state index is 12.3. The van der Waals surface area contributed by atoms with E-state index in [-0.39, 0.29) is 16.7 Å². The Morgan fingerprint density at radius 3 is 2.20 bits per heavy atom. The van der Waals surface area contributed by atoms with Crippen LogP contribution >= 0.6 is 11.3 Å². The summed E-state index contributed by atoms with van der Waals surface area (Å²) in [5.41, 5.74) is 6.88. The average Bonchev–Trinajstić information content (AvgIpc) is 2.97. The Hall–Kier alpha value is -3.00. The van der Waals surface area contributed by atoms with Crippen LogP contribution in [0.3, 0.4) is 0 Å². The molecular formula is C17H15N3O4S. The van der Waals surface area contributed by atoms with Crippen molar-refractivity contribution in [3.05, 3.63) is 51.4 Å². The summed E-state index contributed by atoms with van der Waals surface area (Å²) in [6, 6.07) is 6.41. The Morgan fingerprint density at radius 2 is 1.68 bits per heavy atom. The minimum Gasteiger partial charge on any atom is -0.365 e. The number of rotatable bonds is 4. The summed E-state index contributed by atoms with van der Waals surface area (Å²) in [6.45, 7) is 3.12. The lowest BCUT2D eigenvalue weighted by Gasteiger charge is -2.13. The fraction of sp³-hybridized carbons (Fsp3) is 0.176. The summed E-state index contributed by atoms with van der Waals surface area (Å²) in [7, 11) is 0. The molecule has 2 aromatic rings. The van der Waals surface area contributed by atoms with E-state index in [0.717, 1.165) is 9.78 Å². The molecule has 0 spiro atoms. The zero-order chi connectivity index (χ0) is 18.3. The third-order valence-electron chi connectivity index (χ3n) is 4.06. The third kappa shape index (κ3) is 2.80. The van der Waals surface area contributed by atoms with E-state index in [2.05, 4.69) is 5.32 Å². The largest absolute Gasteiger partial charge is 0.365 e. The highest BCUT2D eigenvalue weighted by atomic mass is 32.1. The molecule has 0 fully saturated rings. The Labute approximate surface area is 147 Å². The van der Waals surface area contributed by atoms with E-state index >= 15 is 0 Å². The van der Waals surface area contributed by atoms with Gasteiger partial charge in [0, 0.05) is 4.88 Å². The summed E-state index contributed by atoms with van der Waals surface area (Å²) in [5, 5.41) is 2.90. The van der Waals surface area contributed by atoms with Gasteiger partial charge >= 0.3 is 0 Å². The van der Waals surface area contributed by atoms with E-state index in [1.54, 1.807) is 31.2 Å². The number of hydrogen-bond acceptors (Lipinski definition) is 5. The number of nitrogens with one attached hydrogen (secondary N) is 1. The quantitative estimate of drug-likeness (QED) is 0.812. The van der Waals surface area contributed by atoms with Crippen LogP contribution in [-0.4, -0.2) is 35.1 Å². The molecule has 25 heavy (non-hydrogen) atoms. The lowest BCUT2D eigenvalue weighted by atomic mass is 10.1. The number of hydrogen-bond donors (Lipinski definition) is 2. The summed E-state index contributed by atoms with van der Waals surface area (Å²) in [5.74, 6) is -2.23. The molecular weight excluding hydrogens is 342 g/mol. The molecule has 3 N–H and O–H groups in total. The molecule has 0 bridgehead atoms. The van der Waals surface area contributed by atoms with Gasteiger partial charge in [0.1, 0.15) is 11.5 Å². The van der Waals surface area contributed by atoms with Gasteiger partial charge in [0.15, 0.2) is 0 Å². The van der Waals surface area contributed by atoms with Crippen molar-refractivity contribution < 1.29 is 19.2 Å². The standard InChI is InChI=1S/C17H15N3O4S/c1-8-9(2)25-15(13(8)14(18)22)19-12(21)7-20-16(23)10-5-3-4-6-11(10)17(20)24/h3-6H,7H2,1-2H3,(H2,18,22)(H,19,21). The molecule has 0 atom stereocenters. The first-order chi connectivity index (χ1) is 11.8. The number of amides is 4. The fourth-order valence-electron chi connectivity index (χ4n) is 2.70. The number of nitrogens with two attached hydrogens (primary N) is 1. The number of thiophene rings is 1. The number of nitrogens with zero attached hydrogens (tertiary/aromatic N) is 1. The number of benzene rings is 1. The maximum atomic E-state index is 12.3. The van der Waals surface area contributed by atoms with Gasteiger partial charge in [0.2, 0.25) is 5.91 Å². The van der Waals surface area contributed by atoms with Gasteiger partial charge in [-0.3, -0.25) is 24.1 Å². The van der Waals surface area contributed by atoms with Gasteiger partial charge in [-0.1, -0.05) is 12.1 Å². The smallest absolute Gasteiger partial charge is 0.262 e. The molecule has 7 nitrogen and oxygen atoms in total. The van der Waals surface area contributed by atoms with Gasteiger partial charge < -0.3 is 11.1 Å². The SMILES string of the molecule is Cc1sc(NC(=O)CN2C(=O)c3ccccc3C2=O)c(C(N)=O)c1C. The van der Waals surface area contributed by atoms with Gasteiger partial charge in [-0.25, -0.2) is 0 Å². The summed E-state index contributed by atoms with van der Waals surface area (Å²) in [6.07, 6.45) is 0. The van der Waals surface area contributed by atoms with Crippen molar-refractivity contribution in [2.24, 2.45) is 5.73 Å². The van der Waals surface area contributed by atoms with Crippen LogP contribution in [0.5, 0.6) is 0 Å². The molecule has 1 aromatic carbocycles. The normalized spacial score (nSPS) is 13.1. The van der Waals surface area contributed by atoms with E-state index in [1.807, 2.05) is 6.92 Å². The fourth-order valence-corrected chi connectivity index (χ4v) is 3.79. The summed E-state index contributed by atoms with van der Waals surface area (Å²) in [4.78, 5) is 50.2.